The number of amides is 4. The summed E-state index contributed by atoms with van der Waals surface area (Å²) in [5, 5.41) is 2.15. The molecule has 18 nitrogen and oxygen atoms in total. The van der Waals surface area contributed by atoms with Gasteiger partial charge in [0, 0.05) is 19.3 Å². The molecule has 4 amide bonds. The number of nitrogens with one attached hydrogen (secondary N) is 1. The molecule has 55 heavy (non-hydrogen) atoms. The van der Waals surface area contributed by atoms with Gasteiger partial charge in [-0.2, -0.15) is 0 Å². The average molecular weight is 802 g/mol. The number of hydrogen-bond acceptors (Lipinski definition) is 15. The van der Waals surface area contributed by atoms with Crippen LogP contribution in [-0.2, 0) is 57.1 Å². The number of hydrogen-bond donors (Lipinski definition) is 1. The summed E-state index contributed by atoms with van der Waals surface area (Å²) in [6.45, 7) is 14.7. The van der Waals surface area contributed by atoms with Crippen molar-refractivity contribution in [2.75, 3.05) is 35.0 Å². The molecule has 0 bridgehead atoms. The van der Waals surface area contributed by atoms with Crippen molar-refractivity contribution in [3.63, 3.8) is 0 Å². The Bertz CT molecular complexity index is 1380. The van der Waals surface area contributed by atoms with Gasteiger partial charge < -0.3 is 38.5 Å². The smallest absolute Gasteiger partial charge is 0.417 e. The Balaban J connectivity index is 0.000000797. The van der Waals surface area contributed by atoms with Gasteiger partial charge >= 0.3 is 42.2 Å². The SMILES string of the molecule is COC(=O)C(F)CC(NC(=O)OC(C)(C)C)C(=O)OC.COC(=O)C1CC(F)C(=O)N1C(=O)OC(C)(C)C.COC(=O)C1CC(F)CN1C(=O)OC(C)(C)C. The van der Waals surface area contributed by atoms with Crippen LogP contribution >= 0.6 is 0 Å². The van der Waals surface area contributed by atoms with Crippen molar-refractivity contribution in [1.29, 1.82) is 0 Å². The first-order chi connectivity index (χ1) is 25.0. The topological polar surface area (TPSA) is 220 Å². The molecule has 1 N–H and O–H groups in total. The summed E-state index contributed by atoms with van der Waals surface area (Å²) in [7, 11) is 4.41. The van der Waals surface area contributed by atoms with Crippen molar-refractivity contribution < 1.29 is 84.7 Å². The highest BCUT2D eigenvalue weighted by atomic mass is 19.1. The molecule has 0 aliphatic carbocycles. The van der Waals surface area contributed by atoms with Crippen LogP contribution in [0.25, 0.3) is 0 Å². The fraction of sp³-hybridized carbons (Fsp3) is 0.765. The molecule has 2 saturated heterocycles. The summed E-state index contributed by atoms with van der Waals surface area (Å²) in [6.07, 6.45) is -8.83. The lowest BCUT2D eigenvalue weighted by atomic mass is 10.1. The third kappa shape index (κ3) is 17.9. The normalized spacial score (nSPS) is 20.5. The zero-order valence-corrected chi connectivity index (χ0v) is 33.4. The number of imide groups is 1. The zero-order valence-electron chi connectivity index (χ0n) is 33.4. The average Bonchev–Trinajstić information content (AvgIpc) is 3.59. The van der Waals surface area contributed by atoms with E-state index in [-0.39, 0.29) is 13.0 Å². The molecule has 21 heteroatoms. The molecule has 2 aliphatic heterocycles. The molecule has 6 atom stereocenters. The van der Waals surface area contributed by atoms with Gasteiger partial charge in [-0.3, -0.25) is 9.69 Å². The van der Waals surface area contributed by atoms with Crippen LogP contribution in [-0.4, -0.2) is 146 Å². The second-order valence-corrected chi connectivity index (χ2v) is 14.9. The third-order valence-corrected chi connectivity index (χ3v) is 6.74. The molecule has 0 aromatic heterocycles. The monoisotopic (exact) mass is 801 g/mol. The molecular weight excluding hydrogens is 747 g/mol. The number of esters is 4. The van der Waals surface area contributed by atoms with Crippen LogP contribution in [0.4, 0.5) is 27.6 Å². The van der Waals surface area contributed by atoms with Crippen LogP contribution in [0, 0.1) is 0 Å². The Morgan fingerprint density at radius 3 is 1.58 bits per heavy atom. The van der Waals surface area contributed by atoms with Crippen molar-refractivity contribution in [3.05, 3.63) is 0 Å². The number of alkyl carbamates (subject to hydrolysis) is 1. The molecular formula is C34H54F3N3O15. The molecule has 6 unspecified atom stereocenters. The predicted molar refractivity (Wildman–Crippen MR) is 183 cm³/mol. The van der Waals surface area contributed by atoms with Crippen LogP contribution in [0.5, 0.6) is 0 Å². The Morgan fingerprint density at radius 2 is 1.15 bits per heavy atom. The minimum Gasteiger partial charge on any atom is -0.467 e. The highest BCUT2D eigenvalue weighted by Gasteiger charge is 2.49. The second-order valence-electron chi connectivity index (χ2n) is 14.9. The standard InChI is InChI=1S/C12H20FNO6.C11H16FNO5.C11H18FNO4/c1-12(2,3)20-11(17)14-8(10(16)19-5)6-7(13)9(15)18-4;1-11(2,3)18-10(16)13-7(9(15)17-4)5-6(12)8(13)14;1-11(2,3)17-10(15)13-6-7(12)5-8(13)9(14)16-4/h7-8H,6H2,1-5H3,(H,14,17);6-7H,5H2,1-4H3;7-8H,5-6H2,1-4H3. The van der Waals surface area contributed by atoms with Crippen LogP contribution in [0.3, 0.4) is 0 Å². The van der Waals surface area contributed by atoms with Gasteiger partial charge in [0.25, 0.3) is 5.91 Å². The maximum absolute atomic E-state index is 13.5. The van der Waals surface area contributed by atoms with E-state index < -0.39 is 114 Å². The first kappa shape index (κ1) is 50.1. The molecule has 0 aromatic rings. The minimum absolute atomic E-state index is 0.0358. The van der Waals surface area contributed by atoms with E-state index in [4.69, 9.17) is 14.2 Å². The summed E-state index contributed by atoms with van der Waals surface area (Å²) in [4.78, 5) is 93.4. The van der Waals surface area contributed by atoms with Crippen LogP contribution in [0.2, 0.25) is 0 Å². The maximum atomic E-state index is 13.5. The van der Waals surface area contributed by atoms with Crippen molar-refractivity contribution in [1.82, 2.24) is 15.1 Å². The van der Waals surface area contributed by atoms with Crippen LogP contribution in [0.1, 0.15) is 81.6 Å². The van der Waals surface area contributed by atoms with Gasteiger partial charge in [-0.1, -0.05) is 0 Å². The maximum Gasteiger partial charge on any atom is 0.417 e. The largest absolute Gasteiger partial charge is 0.467 e. The number of nitrogens with zero attached hydrogens (tertiary/aromatic N) is 2. The number of ether oxygens (including phenoxy) is 7. The van der Waals surface area contributed by atoms with E-state index in [1.165, 1.54) is 7.11 Å². The van der Waals surface area contributed by atoms with Gasteiger partial charge in [-0.25, -0.2) is 51.6 Å². The summed E-state index contributed by atoms with van der Waals surface area (Å²) in [6, 6.07) is -3.49. The number of methoxy groups -OCH3 is 4. The number of carbonyl (C=O) groups is 8. The lowest BCUT2D eigenvalue weighted by Crippen LogP contribution is -2.46. The van der Waals surface area contributed by atoms with E-state index in [1.54, 1.807) is 62.3 Å². The molecule has 0 radical (unpaired) electrons. The van der Waals surface area contributed by atoms with E-state index in [9.17, 15) is 51.5 Å². The predicted octanol–water partition coefficient (Wildman–Crippen LogP) is 3.49. The van der Waals surface area contributed by atoms with Crippen molar-refractivity contribution in [2.24, 2.45) is 0 Å². The highest BCUT2D eigenvalue weighted by molar-refractivity contribution is 6.01. The van der Waals surface area contributed by atoms with Crippen LogP contribution in [0.15, 0.2) is 0 Å². The summed E-state index contributed by atoms with van der Waals surface area (Å²) in [5.74, 6) is -4.54. The molecule has 0 saturated carbocycles. The van der Waals surface area contributed by atoms with Crippen LogP contribution < -0.4 is 5.32 Å². The number of halogens is 3. The summed E-state index contributed by atoms with van der Waals surface area (Å²) < 4.78 is 72.6. The lowest BCUT2D eigenvalue weighted by Gasteiger charge is -2.27. The third-order valence-electron chi connectivity index (χ3n) is 6.74. The fourth-order valence-electron chi connectivity index (χ4n) is 4.48. The van der Waals surface area contributed by atoms with Crippen molar-refractivity contribution >= 4 is 48.1 Å². The Morgan fingerprint density at radius 1 is 0.691 bits per heavy atom. The number of likely N-dealkylation sites (tertiary alicyclic amines) is 2. The number of alkyl halides is 3. The first-order valence-electron chi connectivity index (χ1n) is 16.8. The van der Waals surface area contributed by atoms with Gasteiger partial charge in [-0.15, -0.1) is 0 Å². The minimum atomic E-state index is -2.06. The Hall–Kier alpha value is -4.85. The quantitative estimate of drug-likeness (QED) is 0.288. The highest BCUT2D eigenvalue weighted by Crippen LogP contribution is 2.26. The second kappa shape index (κ2) is 21.3. The fourth-order valence-corrected chi connectivity index (χ4v) is 4.48. The van der Waals surface area contributed by atoms with Gasteiger partial charge in [-0.05, 0) is 62.3 Å². The van der Waals surface area contributed by atoms with Gasteiger partial charge in [0.2, 0.25) is 0 Å². The molecule has 0 spiro atoms. The van der Waals surface area contributed by atoms with Gasteiger partial charge in [0.1, 0.15) is 41.1 Å². The van der Waals surface area contributed by atoms with Gasteiger partial charge in [0.05, 0.1) is 35.0 Å². The zero-order chi connectivity index (χ0) is 43.2. The van der Waals surface area contributed by atoms with E-state index in [2.05, 4.69) is 24.3 Å². The molecule has 2 heterocycles. The Kier molecular flexibility index (Phi) is 19.4. The van der Waals surface area contributed by atoms with E-state index >= 15 is 0 Å². The van der Waals surface area contributed by atoms with E-state index in [0.717, 1.165) is 26.2 Å². The number of carbonyl (C=O) groups excluding carboxylic acids is 8. The van der Waals surface area contributed by atoms with E-state index in [0.29, 0.717) is 4.90 Å². The Labute approximate surface area is 317 Å². The molecule has 2 aliphatic rings. The number of rotatable bonds is 7. The first-order valence-corrected chi connectivity index (χ1v) is 16.8. The van der Waals surface area contributed by atoms with Gasteiger partial charge in [0.15, 0.2) is 12.3 Å². The molecule has 2 rings (SSSR count). The van der Waals surface area contributed by atoms with E-state index in [1.807, 2.05) is 0 Å². The molecule has 316 valence electrons. The molecule has 2 fully saturated rings. The van der Waals surface area contributed by atoms with Crippen molar-refractivity contribution in [2.45, 2.75) is 135 Å². The van der Waals surface area contributed by atoms with Crippen molar-refractivity contribution in [3.8, 4) is 0 Å². The molecule has 0 aromatic carbocycles. The summed E-state index contributed by atoms with van der Waals surface area (Å²) in [5.41, 5.74) is -2.29. The summed E-state index contributed by atoms with van der Waals surface area (Å²) >= 11 is 0. The lowest BCUT2D eigenvalue weighted by molar-refractivity contribution is -0.149.